The molecular weight excluding hydrogens is 483 g/mol. The summed E-state index contributed by atoms with van der Waals surface area (Å²) in [6, 6.07) is 6.29. The van der Waals surface area contributed by atoms with Crippen molar-refractivity contribution in [2.24, 2.45) is 0 Å². The summed E-state index contributed by atoms with van der Waals surface area (Å²) in [7, 11) is 0. The topological polar surface area (TPSA) is 93.2 Å². The van der Waals surface area contributed by atoms with Crippen molar-refractivity contribution in [3.63, 3.8) is 0 Å². The summed E-state index contributed by atoms with van der Waals surface area (Å²) in [5, 5.41) is 5.62. The largest absolute Gasteiger partial charge is 0.409 e. The summed E-state index contributed by atoms with van der Waals surface area (Å²) in [5.41, 5.74) is 11.0. The number of hydrogen-bond donors (Lipinski definition) is 1. The zero-order valence-corrected chi connectivity index (χ0v) is 21.1. The average molecular weight is 516 g/mol. The van der Waals surface area contributed by atoms with Gasteiger partial charge >= 0.3 is 6.18 Å². The first kappa shape index (κ1) is 26.6. The van der Waals surface area contributed by atoms with E-state index in [0.29, 0.717) is 44.6 Å². The van der Waals surface area contributed by atoms with E-state index in [0.717, 1.165) is 59.2 Å². The van der Waals surface area contributed by atoms with Crippen molar-refractivity contribution in [1.82, 2.24) is 29.5 Å². The van der Waals surface area contributed by atoms with Crippen molar-refractivity contribution in [3.05, 3.63) is 47.8 Å². The molecule has 8 nitrogen and oxygen atoms in total. The standard InChI is InChI=1S/C26H32F3N7O/c1-18-14-19(2)16-20(15-18)23-22-24(30)31-17-32-25(22)36(33-23)9-5-3-4-8-34-10-12-35(13-11-34)21(37)6-7-26(27,28)29/h6-7,14-17H,3-5,8-13H2,1-2H3,(H2,30,31,32)/b7-6+. The van der Waals surface area contributed by atoms with Crippen molar-refractivity contribution in [3.8, 4) is 11.3 Å². The number of amides is 1. The van der Waals surface area contributed by atoms with Gasteiger partial charge in [0.2, 0.25) is 5.91 Å². The molecular formula is C26H32F3N7O. The van der Waals surface area contributed by atoms with Crippen LogP contribution in [0.2, 0.25) is 0 Å². The Bertz CT molecular complexity index is 1260. The maximum Gasteiger partial charge on any atom is 0.409 e. The molecule has 2 aromatic heterocycles. The number of carbonyl (C=O) groups is 1. The Morgan fingerprint density at radius 1 is 1.00 bits per heavy atom. The monoisotopic (exact) mass is 515 g/mol. The first-order chi connectivity index (χ1) is 17.6. The number of piperazine rings is 1. The van der Waals surface area contributed by atoms with Crippen LogP contribution in [0.15, 0.2) is 36.7 Å². The smallest absolute Gasteiger partial charge is 0.383 e. The summed E-state index contributed by atoms with van der Waals surface area (Å²) in [6.07, 6.45) is 0.462. The number of aromatic nitrogens is 4. The van der Waals surface area contributed by atoms with Crippen LogP contribution >= 0.6 is 0 Å². The van der Waals surface area contributed by atoms with Gasteiger partial charge in [-0.25, -0.2) is 14.6 Å². The fourth-order valence-corrected chi connectivity index (χ4v) is 4.74. The third-order valence-electron chi connectivity index (χ3n) is 6.50. The second-order valence-corrected chi connectivity index (χ2v) is 9.51. The van der Waals surface area contributed by atoms with Crippen molar-refractivity contribution in [1.29, 1.82) is 0 Å². The number of halogens is 3. The number of rotatable bonds is 8. The Kier molecular flexibility index (Phi) is 8.11. The van der Waals surface area contributed by atoms with Crippen molar-refractivity contribution in [2.75, 3.05) is 38.5 Å². The van der Waals surface area contributed by atoms with Gasteiger partial charge in [-0.3, -0.25) is 9.69 Å². The zero-order chi connectivity index (χ0) is 26.6. The van der Waals surface area contributed by atoms with Gasteiger partial charge in [-0.2, -0.15) is 18.3 Å². The summed E-state index contributed by atoms with van der Waals surface area (Å²) >= 11 is 0. The molecule has 1 amide bonds. The molecule has 2 N–H and O–H groups in total. The molecule has 198 valence electrons. The van der Waals surface area contributed by atoms with Gasteiger partial charge in [0.15, 0.2) is 5.65 Å². The van der Waals surface area contributed by atoms with Crippen molar-refractivity contribution < 1.29 is 18.0 Å². The van der Waals surface area contributed by atoms with E-state index in [1.165, 1.54) is 11.2 Å². The highest BCUT2D eigenvalue weighted by Crippen LogP contribution is 2.31. The number of unbranched alkanes of at least 4 members (excludes halogenated alkanes) is 2. The summed E-state index contributed by atoms with van der Waals surface area (Å²) in [6.45, 7) is 7.87. The molecule has 3 heterocycles. The van der Waals surface area contributed by atoms with E-state index < -0.39 is 12.1 Å². The number of carbonyl (C=O) groups excluding carboxylic acids is 1. The van der Waals surface area contributed by atoms with E-state index in [2.05, 4.69) is 46.9 Å². The second kappa shape index (κ2) is 11.3. The van der Waals surface area contributed by atoms with Crippen molar-refractivity contribution in [2.45, 2.75) is 45.8 Å². The van der Waals surface area contributed by atoms with Gasteiger partial charge in [0, 0.05) is 50.4 Å². The number of allylic oxidation sites excluding steroid dienone is 1. The Balaban J connectivity index is 1.29. The van der Waals surface area contributed by atoms with Crippen LogP contribution in [0, 0.1) is 13.8 Å². The molecule has 0 radical (unpaired) electrons. The van der Waals surface area contributed by atoms with Gasteiger partial charge in [-0.15, -0.1) is 0 Å². The second-order valence-electron chi connectivity index (χ2n) is 9.51. The molecule has 1 fully saturated rings. The van der Waals surface area contributed by atoms with Crippen LogP contribution in [0.5, 0.6) is 0 Å². The van der Waals surface area contributed by atoms with Gasteiger partial charge < -0.3 is 10.6 Å². The van der Waals surface area contributed by atoms with Crippen LogP contribution < -0.4 is 5.73 Å². The van der Waals surface area contributed by atoms with E-state index in [1.807, 2.05) is 4.68 Å². The number of hydrogen-bond acceptors (Lipinski definition) is 6. The van der Waals surface area contributed by atoms with Gasteiger partial charge in [-0.05, 0) is 45.4 Å². The van der Waals surface area contributed by atoms with E-state index >= 15 is 0 Å². The fourth-order valence-electron chi connectivity index (χ4n) is 4.74. The van der Waals surface area contributed by atoms with Gasteiger partial charge in [0.1, 0.15) is 17.8 Å². The molecule has 0 atom stereocenters. The Morgan fingerprint density at radius 2 is 1.68 bits per heavy atom. The number of fused-ring (bicyclic) bond motifs is 1. The lowest BCUT2D eigenvalue weighted by Gasteiger charge is -2.34. The first-order valence-corrected chi connectivity index (χ1v) is 12.4. The van der Waals surface area contributed by atoms with E-state index in [1.54, 1.807) is 0 Å². The van der Waals surface area contributed by atoms with E-state index in [9.17, 15) is 18.0 Å². The number of alkyl halides is 3. The minimum atomic E-state index is -4.47. The van der Waals surface area contributed by atoms with Crippen LogP contribution in [-0.4, -0.2) is 74.4 Å². The fraction of sp³-hybridized carbons (Fsp3) is 0.462. The minimum absolute atomic E-state index is 0.00420. The maximum atomic E-state index is 12.3. The lowest BCUT2D eigenvalue weighted by molar-refractivity contribution is -0.128. The van der Waals surface area contributed by atoms with Crippen molar-refractivity contribution >= 4 is 22.8 Å². The molecule has 1 aliphatic heterocycles. The highest BCUT2D eigenvalue weighted by molar-refractivity contribution is 5.98. The lowest BCUT2D eigenvalue weighted by Crippen LogP contribution is -2.48. The molecule has 0 spiro atoms. The Hall–Kier alpha value is -3.47. The maximum absolute atomic E-state index is 12.3. The van der Waals surface area contributed by atoms with Crippen LogP contribution in [0.3, 0.4) is 0 Å². The highest BCUT2D eigenvalue weighted by atomic mass is 19.4. The van der Waals surface area contributed by atoms with Crippen LogP contribution in [0.4, 0.5) is 19.0 Å². The molecule has 0 bridgehead atoms. The number of nitrogen functional groups attached to an aromatic ring is 1. The van der Waals surface area contributed by atoms with Crippen LogP contribution in [0.25, 0.3) is 22.3 Å². The molecule has 1 aliphatic rings. The van der Waals surface area contributed by atoms with E-state index in [4.69, 9.17) is 10.8 Å². The predicted molar refractivity (Wildman–Crippen MR) is 137 cm³/mol. The third-order valence-corrected chi connectivity index (χ3v) is 6.50. The highest BCUT2D eigenvalue weighted by Gasteiger charge is 2.25. The molecule has 11 heteroatoms. The van der Waals surface area contributed by atoms with Gasteiger partial charge in [0.25, 0.3) is 0 Å². The number of nitrogens with zero attached hydrogens (tertiary/aromatic N) is 6. The third kappa shape index (κ3) is 6.85. The molecule has 37 heavy (non-hydrogen) atoms. The summed E-state index contributed by atoms with van der Waals surface area (Å²) in [5.74, 6) is -0.176. The SMILES string of the molecule is Cc1cc(C)cc(-c2nn(CCCCCN3CCN(C(=O)/C=C/C(F)(F)F)CC3)c3ncnc(N)c23)c1. The summed E-state index contributed by atoms with van der Waals surface area (Å²) in [4.78, 5) is 24.3. The molecule has 1 aromatic carbocycles. The molecule has 4 rings (SSSR count). The Labute approximate surface area is 214 Å². The Morgan fingerprint density at radius 3 is 2.35 bits per heavy atom. The van der Waals surface area contributed by atoms with Crippen LogP contribution in [0.1, 0.15) is 30.4 Å². The number of aryl methyl sites for hydroxylation is 3. The predicted octanol–water partition coefficient (Wildman–Crippen LogP) is 4.13. The van der Waals surface area contributed by atoms with Crippen LogP contribution in [-0.2, 0) is 11.3 Å². The number of benzene rings is 1. The number of anilines is 1. The molecule has 3 aromatic rings. The van der Waals surface area contributed by atoms with Gasteiger partial charge in [-0.1, -0.05) is 23.6 Å². The molecule has 1 saturated heterocycles. The molecule has 0 aliphatic carbocycles. The van der Waals surface area contributed by atoms with Gasteiger partial charge in [0.05, 0.1) is 5.39 Å². The molecule has 0 unspecified atom stereocenters. The number of nitrogens with two attached hydrogens (primary N) is 1. The minimum Gasteiger partial charge on any atom is -0.383 e. The lowest BCUT2D eigenvalue weighted by atomic mass is 10.0. The summed E-state index contributed by atoms with van der Waals surface area (Å²) < 4.78 is 38.7. The first-order valence-electron chi connectivity index (χ1n) is 12.4. The zero-order valence-electron chi connectivity index (χ0n) is 21.1. The van der Waals surface area contributed by atoms with E-state index in [-0.39, 0.29) is 6.08 Å². The normalized spacial score (nSPS) is 15.2. The molecule has 0 saturated carbocycles. The average Bonchev–Trinajstić information content (AvgIpc) is 3.22. The quantitative estimate of drug-likeness (QED) is 0.358.